The number of carbonyl (C=O) groups is 1. The minimum atomic E-state index is 0.245. The van der Waals surface area contributed by atoms with Gasteiger partial charge in [-0.05, 0) is 32.4 Å². The molecule has 0 bridgehead atoms. The van der Waals surface area contributed by atoms with E-state index in [-0.39, 0.29) is 5.91 Å². The van der Waals surface area contributed by atoms with Crippen molar-refractivity contribution in [1.29, 1.82) is 0 Å². The van der Waals surface area contributed by atoms with E-state index in [4.69, 9.17) is 4.74 Å². The molecule has 1 aliphatic heterocycles. The summed E-state index contributed by atoms with van der Waals surface area (Å²) in [6.45, 7) is 8.96. The molecule has 1 aromatic heterocycles. The topological polar surface area (TPSA) is 58.6 Å². The Bertz CT molecular complexity index is 753. The first kappa shape index (κ1) is 18.2. The van der Waals surface area contributed by atoms with Crippen LogP contribution in [-0.4, -0.2) is 47.0 Å². The van der Waals surface area contributed by atoms with Crippen molar-refractivity contribution in [2.24, 2.45) is 0 Å². The van der Waals surface area contributed by atoms with Crippen LogP contribution in [0.5, 0.6) is 11.6 Å². The first-order chi connectivity index (χ1) is 12.5. The predicted molar refractivity (Wildman–Crippen MR) is 102 cm³/mol. The average Bonchev–Trinajstić information content (AvgIpc) is 2.63. The molecule has 1 aliphatic rings. The highest BCUT2D eigenvalue weighted by molar-refractivity contribution is 5.76. The van der Waals surface area contributed by atoms with Crippen molar-refractivity contribution in [3.05, 3.63) is 41.7 Å². The number of aryl methyl sites for hydroxylation is 2. The molecule has 0 atom stereocenters. The second-order valence-corrected chi connectivity index (χ2v) is 6.64. The molecule has 0 saturated carbocycles. The molecule has 0 aliphatic carbocycles. The van der Waals surface area contributed by atoms with Gasteiger partial charge in [0.25, 0.3) is 0 Å². The number of anilines is 1. The van der Waals surface area contributed by atoms with Gasteiger partial charge in [-0.2, -0.15) is 4.98 Å². The van der Waals surface area contributed by atoms with Crippen molar-refractivity contribution < 1.29 is 9.53 Å². The molecule has 6 heteroatoms. The third-order valence-corrected chi connectivity index (χ3v) is 4.46. The van der Waals surface area contributed by atoms with Gasteiger partial charge in [0.05, 0.1) is 0 Å². The second kappa shape index (κ2) is 8.17. The van der Waals surface area contributed by atoms with E-state index in [2.05, 4.69) is 14.9 Å². The van der Waals surface area contributed by atoms with Crippen molar-refractivity contribution >= 4 is 11.7 Å². The highest BCUT2D eigenvalue weighted by Gasteiger charge is 2.22. The van der Waals surface area contributed by atoms with E-state index >= 15 is 0 Å². The van der Waals surface area contributed by atoms with Gasteiger partial charge in [0, 0.05) is 38.7 Å². The van der Waals surface area contributed by atoms with E-state index in [9.17, 15) is 4.79 Å². The van der Waals surface area contributed by atoms with E-state index in [1.54, 1.807) is 0 Å². The van der Waals surface area contributed by atoms with Crippen LogP contribution in [0.2, 0.25) is 0 Å². The first-order valence-electron chi connectivity index (χ1n) is 9.18. The summed E-state index contributed by atoms with van der Waals surface area (Å²) in [6, 6.07) is 9.76. The number of aromatic nitrogens is 2. The van der Waals surface area contributed by atoms with Crippen LogP contribution >= 0.6 is 0 Å². The lowest BCUT2D eigenvalue weighted by atomic mass is 10.2. The van der Waals surface area contributed by atoms with Crippen LogP contribution < -0.4 is 9.64 Å². The summed E-state index contributed by atoms with van der Waals surface area (Å²) in [6.07, 6.45) is 1.52. The number of piperazine rings is 1. The maximum Gasteiger partial charge on any atom is 0.224 e. The van der Waals surface area contributed by atoms with Crippen molar-refractivity contribution in [2.45, 2.75) is 33.6 Å². The predicted octanol–water partition coefficient (Wildman–Crippen LogP) is 3.33. The standard InChI is InChI=1S/C20H26N4O2/c1-4-5-20(25)24-12-10-23(11-13-24)18-14-19(22-16(3)21-18)26-17-8-6-15(2)7-9-17/h6-9,14H,4-5,10-13H2,1-3H3. The number of rotatable bonds is 5. The second-order valence-electron chi connectivity index (χ2n) is 6.64. The monoisotopic (exact) mass is 354 g/mol. The summed E-state index contributed by atoms with van der Waals surface area (Å²) in [5, 5.41) is 0. The van der Waals surface area contributed by atoms with Crippen LogP contribution in [0.15, 0.2) is 30.3 Å². The molecule has 2 heterocycles. The Balaban J connectivity index is 1.68. The van der Waals surface area contributed by atoms with Gasteiger partial charge in [0.2, 0.25) is 11.8 Å². The van der Waals surface area contributed by atoms with Crippen LogP contribution in [0.1, 0.15) is 31.2 Å². The highest BCUT2D eigenvalue weighted by atomic mass is 16.5. The minimum Gasteiger partial charge on any atom is -0.439 e. The maximum atomic E-state index is 12.0. The first-order valence-corrected chi connectivity index (χ1v) is 9.18. The third kappa shape index (κ3) is 4.50. The zero-order valence-corrected chi connectivity index (χ0v) is 15.7. The number of benzene rings is 1. The van der Waals surface area contributed by atoms with E-state index in [1.807, 2.05) is 56.0 Å². The number of nitrogens with zero attached hydrogens (tertiary/aromatic N) is 4. The molecule has 1 saturated heterocycles. The van der Waals surface area contributed by atoms with Gasteiger partial charge in [0.1, 0.15) is 17.4 Å². The summed E-state index contributed by atoms with van der Waals surface area (Å²) in [5.41, 5.74) is 1.19. The maximum absolute atomic E-state index is 12.0. The molecule has 0 N–H and O–H groups in total. The van der Waals surface area contributed by atoms with Crippen LogP contribution in [0, 0.1) is 13.8 Å². The van der Waals surface area contributed by atoms with Crippen molar-refractivity contribution in [3.8, 4) is 11.6 Å². The summed E-state index contributed by atoms with van der Waals surface area (Å²) in [7, 11) is 0. The number of amides is 1. The van der Waals surface area contributed by atoms with Crippen molar-refractivity contribution in [2.75, 3.05) is 31.1 Å². The van der Waals surface area contributed by atoms with E-state index < -0.39 is 0 Å². The lowest BCUT2D eigenvalue weighted by molar-refractivity contribution is -0.131. The van der Waals surface area contributed by atoms with E-state index in [1.165, 1.54) is 5.56 Å². The van der Waals surface area contributed by atoms with E-state index in [0.29, 0.717) is 18.1 Å². The SMILES string of the molecule is CCCC(=O)N1CCN(c2cc(Oc3ccc(C)cc3)nc(C)n2)CC1. The van der Waals surface area contributed by atoms with Crippen LogP contribution in [0.3, 0.4) is 0 Å². The van der Waals surface area contributed by atoms with Gasteiger partial charge < -0.3 is 14.5 Å². The molecule has 6 nitrogen and oxygen atoms in total. The van der Waals surface area contributed by atoms with Crippen LogP contribution in [0.4, 0.5) is 5.82 Å². The average molecular weight is 354 g/mol. The summed E-state index contributed by atoms with van der Waals surface area (Å²) < 4.78 is 5.89. The third-order valence-electron chi connectivity index (χ3n) is 4.46. The lowest BCUT2D eigenvalue weighted by Crippen LogP contribution is -2.49. The number of ether oxygens (including phenoxy) is 1. The molecule has 2 aromatic rings. The summed E-state index contributed by atoms with van der Waals surface area (Å²) in [4.78, 5) is 25.1. The molecule has 0 spiro atoms. The number of carbonyl (C=O) groups excluding carboxylic acids is 1. The van der Waals surface area contributed by atoms with Gasteiger partial charge in [-0.3, -0.25) is 4.79 Å². The Labute approximate surface area is 154 Å². The lowest BCUT2D eigenvalue weighted by Gasteiger charge is -2.35. The largest absolute Gasteiger partial charge is 0.439 e. The quantitative estimate of drug-likeness (QED) is 0.824. The fourth-order valence-corrected chi connectivity index (χ4v) is 3.02. The molecule has 1 aromatic carbocycles. The molecule has 1 amide bonds. The molecule has 1 fully saturated rings. The molecule has 0 unspecified atom stereocenters. The van der Waals surface area contributed by atoms with Gasteiger partial charge >= 0.3 is 0 Å². The van der Waals surface area contributed by atoms with Crippen molar-refractivity contribution in [1.82, 2.24) is 14.9 Å². The zero-order valence-electron chi connectivity index (χ0n) is 15.7. The van der Waals surface area contributed by atoms with Gasteiger partial charge in [0.15, 0.2) is 0 Å². The summed E-state index contributed by atoms with van der Waals surface area (Å²) >= 11 is 0. The van der Waals surface area contributed by atoms with Gasteiger partial charge in [-0.25, -0.2) is 4.98 Å². The molecular formula is C20H26N4O2. The van der Waals surface area contributed by atoms with Gasteiger partial charge in [-0.15, -0.1) is 0 Å². The normalized spacial score (nSPS) is 14.4. The van der Waals surface area contributed by atoms with Crippen LogP contribution in [-0.2, 0) is 4.79 Å². The van der Waals surface area contributed by atoms with Crippen LogP contribution in [0.25, 0.3) is 0 Å². The Morgan fingerprint density at radius 1 is 1.08 bits per heavy atom. The highest BCUT2D eigenvalue weighted by Crippen LogP contribution is 2.24. The fraction of sp³-hybridized carbons (Fsp3) is 0.450. The Kier molecular flexibility index (Phi) is 5.71. The van der Waals surface area contributed by atoms with Gasteiger partial charge in [-0.1, -0.05) is 24.6 Å². The smallest absolute Gasteiger partial charge is 0.224 e. The Morgan fingerprint density at radius 3 is 2.42 bits per heavy atom. The minimum absolute atomic E-state index is 0.245. The molecule has 0 radical (unpaired) electrons. The molecular weight excluding hydrogens is 328 g/mol. The summed E-state index contributed by atoms with van der Waals surface area (Å²) in [5.74, 6) is 3.07. The molecule has 26 heavy (non-hydrogen) atoms. The fourth-order valence-electron chi connectivity index (χ4n) is 3.02. The van der Waals surface area contributed by atoms with Crippen molar-refractivity contribution in [3.63, 3.8) is 0 Å². The van der Waals surface area contributed by atoms with E-state index in [0.717, 1.165) is 44.2 Å². The Hall–Kier alpha value is -2.63. The Morgan fingerprint density at radius 2 is 1.77 bits per heavy atom. The molecule has 3 rings (SSSR count). The number of hydrogen-bond acceptors (Lipinski definition) is 5. The zero-order chi connectivity index (χ0) is 18.5. The number of hydrogen-bond donors (Lipinski definition) is 0. The molecule has 138 valence electrons.